The Labute approximate surface area is 125 Å². The highest BCUT2D eigenvalue weighted by Gasteiger charge is 2.08. The van der Waals surface area contributed by atoms with Gasteiger partial charge in [-0.15, -0.1) is 0 Å². The second kappa shape index (κ2) is 4.85. The second-order valence-corrected chi connectivity index (χ2v) is 5.64. The van der Waals surface area contributed by atoms with Crippen molar-refractivity contribution >= 4 is 44.2 Å². The predicted molar refractivity (Wildman–Crippen MR) is 79.9 cm³/mol. The fourth-order valence-corrected chi connectivity index (χ4v) is 2.48. The highest BCUT2D eigenvalue weighted by Crippen LogP contribution is 2.25. The number of aromatic nitrogens is 3. The van der Waals surface area contributed by atoms with Gasteiger partial charge in [0, 0.05) is 22.2 Å². The van der Waals surface area contributed by atoms with Crippen LogP contribution in [-0.2, 0) is 0 Å². The summed E-state index contributed by atoms with van der Waals surface area (Å²) in [5, 5.41) is 0. The van der Waals surface area contributed by atoms with Crippen molar-refractivity contribution in [3.63, 3.8) is 0 Å². The van der Waals surface area contributed by atoms with Crippen molar-refractivity contribution in [1.82, 2.24) is 14.4 Å². The van der Waals surface area contributed by atoms with Gasteiger partial charge in [-0.3, -0.25) is 4.40 Å². The van der Waals surface area contributed by atoms with Gasteiger partial charge in [-0.05, 0) is 56.7 Å². The molecule has 2 heterocycles. The molecule has 3 aromatic rings. The second-order valence-electron chi connectivity index (χ2n) is 3.59. The third-order valence-electron chi connectivity index (χ3n) is 2.32. The summed E-state index contributed by atoms with van der Waals surface area (Å²) < 4.78 is 9.46. The van der Waals surface area contributed by atoms with E-state index in [0.717, 1.165) is 9.32 Å². The Morgan fingerprint density at radius 3 is 3.06 bits per heavy atom. The minimum atomic E-state index is 0.483. The number of nitrogens with zero attached hydrogens (tertiary/aromatic N) is 3. The van der Waals surface area contributed by atoms with E-state index in [0.29, 0.717) is 16.1 Å². The van der Waals surface area contributed by atoms with Crippen LogP contribution in [0.1, 0.15) is 0 Å². The van der Waals surface area contributed by atoms with Gasteiger partial charge in [0.05, 0.1) is 0 Å². The third kappa shape index (κ3) is 2.35. The monoisotopic (exact) mass is 415 g/mol. The molecule has 18 heavy (non-hydrogen) atoms. The Morgan fingerprint density at radius 2 is 2.22 bits per heavy atom. The van der Waals surface area contributed by atoms with E-state index in [1.165, 1.54) is 0 Å². The molecule has 0 radical (unpaired) electrons. The van der Waals surface area contributed by atoms with Gasteiger partial charge in [0.2, 0.25) is 5.65 Å². The van der Waals surface area contributed by atoms with Crippen LogP contribution in [0.15, 0.2) is 47.5 Å². The van der Waals surface area contributed by atoms with Gasteiger partial charge in [0.1, 0.15) is 10.4 Å². The molecular weight excluding hydrogens is 409 g/mol. The van der Waals surface area contributed by atoms with Crippen molar-refractivity contribution in [3.05, 3.63) is 51.0 Å². The molecule has 1 aromatic carbocycles. The van der Waals surface area contributed by atoms with E-state index in [-0.39, 0.29) is 0 Å². The summed E-state index contributed by atoms with van der Waals surface area (Å²) in [7, 11) is 0. The van der Waals surface area contributed by atoms with Crippen LogP contribution in [0.4, 0.5) is 0 Å². The quantitative estimate of drug-likeness (QED) is 0.596. The summed E-state index contributed by atoms with van der Waals surface area (Å²) in [6.07, 6.45) is 5.40. The number of ether oxygens (including phenoxy) is 1. The van der Waals surface area contributed by atoms with Crippen molar-refractivity contribution in [2.75, 3.05) is 0 Å². The standard InChI is InChI=1S/C12H7BrIN3O/c13-10-7-17-5-4-15-11(17)12(16-10)18-9-3-1-2-8(14)6-9/h1-7H. The molecule has 0 aliphatic carbocycles. The van der Waals surface area contributed by atoms with Crippen molar-refractivity contribution in [2.45, 2.75) is 0 Å². The molecule has 6 heteroatoms. The van der Waals surface area contributed by atoms with Gasteiger partial charge in [-0.25, -0.2) is 9.97 Å². The van der Waals surface area contributed by atoms with Crippen LogP contribution in [-0.4, -0.2) is 14.4 Å². The van der Waals surface area contributed by atoms with Crippen LogP contribution in [0.25, 0.3) is 5.65 Å². The number of imidazole rings is 1. The zero-order valence-corrected chi connectivity index (χ0v) is 12.8. The van der Waals surface area contributed by atoms with Crippen LogP contribution in [0.2, 0.25) is 0 Å². The fraction of sp³-hybridized carbons (Fsp3) is 0. The van der Waals surface area contributed by atoms with E-state index in [4.69, 9.17) is 4.74 Å². The summed E-state index contributed by atoms with van der Waals surface area (Å²) >= 11 is 5.60. The Kier molecular flexibility index (Phi) is 3.21. The normalized spacial score (nSPS) is 10.8. The molecule has 2 aromatic heterocycles. The van der Waals surface area contributed by atoms with Gasteiger partial charge in [-0.2, -0.15) is 0 Å². The van der Waals surface area contributed by atoms with Crippen LogP contribution < -0.4 is 4.74 Å². The number of hydrogen-bond acceptors (Lipinski definition) is 3. The number of hydrogen-bond donors (Lipinski definition) is 0. The molecule has 0 saturated carbocycles. The molecular formula is C12H7BrIN3O. The number of halogens is 2. The van der Waals surface area contributed by atoms with Crippen LogP contribution in [0, 0.1) is 3.57 Å². The minimum Gasteiger partial charge on any atom is -0.436 e. The zero-order valence-electron chi connectivity index (χ0n) is 9.05. The molecule has 0 aliphatic rings. The van der Waals surface area contributed by atoms with Crippen molar-refractivity contribution in [2.24, 2.45) is 0 Å². The molecule has 0 saturated heterocycles. The topological polar surface area (TPSA) is 39.4 Å². The van der Waals surface area contributed by atoms with E-state index >= 15 is 0 Å². The zero-order chi connectivity index (χ0) is 12.5. The summed E-state index contributed by atoms with van der Waals surface area (Å²) in [5.74, 6) is 1.23. The van der Waals surface area contributed by atoms with Gasteiger partial charge in [0.15, 0.2) is 0 Å². The predicted octanol–water partition coefficient (Wildman–Crippen LogP) is 3.89. The fourth-order valence-electron chi connectivity index (χ4n) is 1.58. The largest absolute Gasteiger partial charge is 0.436 e. The SMILES string of the molecule is Brc1cn2ccnc2c(Oc2cccc(I)c2)n1. The first kappa shape index (κ1) is 11.9. The van der Waals surface area contributed by atoms with E-state index in [9.17, 15) is 0 Å². The lowest BCUT2D eigenvalue weighted by molar-refractivity contribution is 0.463. The van der Waals surface area contributed by atoms with Gasteiger partial charge in [-0.1, -0.05) is 6.07 Å². The summed E-state index contributed by atoms with van der Waals surface area (Å²) in [4.78, 5) is 8.54. The number of rotatable bonds is 2. The van der Waals surface area contributed by atoms with Crippen molar-refractivity contribution in [1.29, 1.82) is 0 Å². The molecule has 0 amide bonds. The van der Waals surface area contributed by atoms with Crippen LogP contribution in [0.5, 0.6) is 11.6 Å². The first-order chi connectivity index (χ1) is 8.72. The molecule has 4 nitrogen and oxygen atoms in total. The maximum atomic E-state index is 5.78. The van der Waals surface area contributed by atoms with Gasteiger partial charge < -0.3 is 4.74 Å². The van der Waals surface area contributed by atoms with Crippen molar-refractivity contribution in [3.8, 4) is 11.6 Å². The van der Waals surface area contributed by atoms with E-state index in [1.54, 1.807) is 6.20 Å². The molecule has 90 valence electrons. The molecule has 0 spiro atoms. The van der Waals surface area contributed by atoms with Crippen LogP contribution in [0.3, 0.4) is 0 Å². The van der Waals surface area contributed by atoms with E-state index in [1.807, 2.05) is 41.1 Å². The molecule has 3 rings (SSSR count). The molecule has 0 bridgehead atoms. The Morgan fingerprint density at radius 1 is 1.33 bits per heavy atom. The summed E-state index contributed by atoms with van der Waals surface area (Å²) in [6.45, 7) is 0. The van der Waals surface area contributed by atoms with Crippen molar-refractivity contribution < 1.29 is 4.74 Å². The lowest BCUT2D eigenvalue weighted by atomic mass is 10.3. The lowest BCUT2D eigenvalue weighted by Gasteiger charge is -2.06. The average Bonchev–Trinajstić information content (AvgIpc) is 2.77. The minimum absolute atomic E-state index is 0.483. The highest BCUT2D eigenvalue weighted by molar-refractivity contribution is 14.1. The van der Waals surface area contributed by atoms with Gasteiger partial charge >= 0.3 is 0 Å². The third-order valence-corrected chi connectivity index (χ3v) is 3.38. The van der Waals surface area contributed by atoms with E-state index < -0.39 is 0 Å². The van der Waals surface area contributed by atoms with E-state index in [2.05, 4.69) is 48.5 Å². The molecule has 0 unspecified atom stereocenters. The highest BCUT2D eigenvalue weighted by atomic mass is 127. The maximum Gasteiger partial charge on any atom is 0.264 e. The molecule has 0 aliphatic heterocycles. The number of benzene rings is 1. The summed E-state index contributed by atoms with van der Waals surface area (Å²) in [5.41, 5.74) is 0.692. The molecule has 0 fully saturated rings. The number of fused-ring (bicyclic) bond motifs is 1. The van der Waals surface area contributed by atoms with Crippen LogP contribution >= 0.6 is 38.5 Å². The Bertz CT molecular complexity index is 713. The first-order valence-electron chi connectivity index (χ1n) is 5.15. The molecule has 0 N–H and O–H groups in total. The van der Waals surface area contributed by atoms with Gasteiger partial charge in [0.25, 0.3) is 5.88 Å². The Hall–Kier alpha value is -1.15. The molecule has 0 atom stereocenters. The smallest absolute Gasteiger partial charge is 0.264 e. The maximum absolute atomic E-state index is 5.78. The first-order valence-corrected chi connectivity index (χ1v) is 7.02. The summed E-state index contributed by atoms with van der Waals surface area (Å²) in [6, 6.07) is 7.79. The lowest BCUT2D eigenvalue weighted by Crippen LogP contribution is -1.94. The Balaban J connectivity index is 2.06. The average molecular weight is 416 g/mol.